The van der Waals surface area contributed by atoms with Crippen molar-refractivity contribution in [3.8, 4) is 0 Å². The van der Waals surface area contributed by atoms with Gasteiger partial charge in [0.2, 0.25) is 5.95 Å². The van der Waals surface area contributed by atoms with E-state index < -0.39 is 0 Å². The van der Waals surface area contributed by atoms with E-state index in [1.165, 1.54) is 0 Å². The zero-order chi connectivity index (χ0) is 13.1. The Kier molecular flexibility index (Phi) is 2.86. The molecule has 2 aromatic heterocycles. The van der Waals surface area contributed by atoms with Gasteiger partial charge in [0.25, 0.3) is 5.91 Å². The number of carbonyl (C=O) groups excluding carboxylic acids is 1. The van der Waals surface area contributed by atoms with Gasteiger partial charge in [-0.25, -0.2) is 9.97 Å². The number of nitrogens with one attached hydrogen (secondary N) is 1. The normalized spacial score (nSPS) is 10.3. The molecule has 1 N–H and O–H groups in total. The van der Waals surface area contributed by atoms with Gasteiger partial charge in [0.1, 0.15) is 0 Å². The Balaban J connectivity index is 1.87. The Morgan fingerprint density at radius 1 is 1.05 bits per heavy atom. The minimum absolute atomic E-state index is 0.252. The summed E-state index contributed by atoms with van der Waals surface area (Å²) >= 11 is 0. The maximum absolute atomic E-state index is 11.9. The molecular weight excluding hydrogens is 240 g/mol. The van der Waals surface area contributed by atoms with Crippen LogP contribution in [0.15, 0.2) is 55.0 Å². The lowest BCUT2D eigenvalue weighted by atomic mass is 10.2. The molecule has 0 unspecified atom stereocenters. The van der Waals surface area contributed by atoms with Crippen LogP contribution < -0.4 is 5.32 Å². The summed E-state index contributed by atoms with van der Waals surface area (Å²) in [6, 6.07) is 10.9. The topological polar surface area (TPSA) is 67.8 Å². The molecule has 0 fully saturated rings. The minimum atomic E-state index is -0.252. The number of amides is 1. The van der Waals surface area contributed by atoms with Crippen molar-refractivity contribution in [3.05, 3.63) is 60.6 Å². The molecule has 3 rings (SSSR count). The highest BCUT2D eigenvalue weighted by Gasteiger charge is 2.07. The van der Waals surface area contributed by atoms with E-state index in [0.29, 0.717) is 11.5 Å². The summed E-state index contributed by atoms with van der Waals surface area (Å²) in [5.41, 5.74) is 1.31. The van der Waals surface area contributed by atoms with E-state index in [9.17, 15) is 4.79 Å². The predicted octanol–water partition coefficient (Wildman–Crippen LogP) is 2.28. The van der Waals surface area contributed by atoms with Crippen molar-refractivity contribution in [1.29, 1.82) is 0 Å². The third-order valence-corrected chi connectivity index (χ3v) is 2.66. The number of pyridine rings is 1. The van der Waals surface area contributed by atoms with Crippen molar-refractivity contribution in [2.24, 2.45) is 0 Å². The second kappa shape index (κ2) is 4.81. The molecule has 5 heteroatoms. The average Bonchev–Trinajstić information content (AvgIpc) is 2.48. The van der Waals surface area contributed by atoms with E-state index in [-0.39, 0.29) is 5.91 Å². The monoisotopic (exact) mass is 250 g/mol. The molecule has 5 nitrogen and oxygen atoms in total. The van der Waals surface area contributed by atoms with Crippen molar-refractivity contribution in [2.75, 3.05) is 5.32 Å². The van der Waals surface area contributed by atoms with Gasteiger partial charge in [-0.1, -0.05) is 18.2 Å². The second-order valence-electron chi connectivity index (χ2n) is 3.94. The molecule has 0 aliphatic heterocycles. The average molecular weight is 250 g/mol. The molecule has 2 heterocycles. The Labute approximate surface area is 109 Å². The number of benzene rings is 1. The Hall–Kier alpha value is -2.82. The Morgan fingerprint density at radius 2 is 1.84 bits per heavy atom. The standard InChI is InChI=1S/C14H10N4O/c19-13(10-5-7-15-8-6-10)18-14-16-9-11-3-1-2-4-12(11)17-14/h1-9H,(H,16,17,18,19). The van der Waals surface area contributed by atoms with E-state index >= 15 is 0 Å². The molecule has 0 spiro atoms. The van der Waals surface area contributed by atoms with Crippen LogP contribution in [0.3, 0.4) is 0 Å². The SMILES string of the molecule is O=C(Nc1ncc2ccccc2n1)c1ccncc1. The summed E-state index contributed by atoms with van der Waals surface area (Å²) in [7, 11) is 0. The van der Waals surface area contributed by atoms with Gasteiger partial charge in [-0.05, 0) is 18.2 Å². The fourth-order valence-corrected chi connectivity index (χ4v) is 1.71. The van der Waals surface area contributed by atoms with Crippen LogP contribution in [0.5, 0.6) is 0 Å². The molecule has 0 bridgehead atoms. The summed E-state index contributed by atoms with van der Waals surface area (Å²) in [6.07, 6.45) is 4.82. The highest BCUT2D eigenvalue weighted by atomic mass is 16.1. The van der Waals surface area contributed by atoms with Crippen molar-refractivity contribution < 1.29 is 4.79 Å². The lowest BCUT2D eigenvalue weighted by Crippen LogP contribution is -2.14. The Bertz CT molecular complexity index is 728. The quantitative estimate of drug-likeness (QED) is 0.757. The van der Waals surface area contributed by atoms with Gasteiger partial charge in [0.15, 0.2) is 0 Å². The third-order valence-electron chi connectivity index (χ3n) is 2.66. The number of fused-ring (bicyclic) bond motifs is 1. The van der Waals surface area contributed by atoms with Crippen LogP contribution in [0.2, 0.25) is 0 Å². The second-order valence-corrected chi connectivity index (χ2v) is 3.94. The molecule has 19 heavy (non-hydrogen) atoms. The first-order chi connectivity index (χ1) is 9.33. The molecule has 0 aliphatic carbocycles. The van der Waals surface area contributed by atoms with E-state index in [0.717, 1.165) is 10.9 Å². The molecule has 0 atom stereocenters. The summed E-state index contributed by atoms with van der Waals surface area (Å²) in [5.74, 6) is 0.0400. The number of carbonyl (C=O) groups is 1. The number of anilines is 1. The van der Waals surface area contributed by atoms with Crippen molar-refractivity contribution in [3.63, 3.8) is 0 Å². The smallest absolute Gasteiger partial charge is 0.258 e. The first-order valence-electron chi connectivity index (χ1n) is 5.76. The van der Waals surface area contributed by atoms with Crippen LogP contribution in [0.4, 0.5) is 5.95 Å². The van der Waals surface area contributed by atoms with Crippen LogP contribution in [-0.4, -0.2) is 20.9 Å². The maximum atomic E-state index is 11.9. The summed E-state index contributed by atoms with van der Waals surface area (Å²) in [6.45, 7) is 0. The number of hydrogen-bond donors (Lipinski definition) is 1. The largest absolute Gasteiger partial charge is 0.290 e. The van der Waals surface area contributed by atoms with E-state index in [2.05, 4.69) is 20.3 Å². The zero-order valence-electron chi connectivity index (χ0n) is 9.95. The number of rotatable bonds is 2. The third kappa shape index (κ3) is 2.40. The van der Waals surface area contributed by atoms with Gasteiger partial charge in [-0.3, -0.25) is 15.1 Å². The molecule has 1 aromatic carbocycles. The van der Waals surface area contributed by atoms with E-state index in [1.54, 1.807) is 30.7 Å². The molecule has 1 amide bonds. The van der Waals surface area contributed by atoms with Gasteiger partial charge >= 0.3 is 0 Å². The highest BCUT2D eigenvalue weighted by Crippen LogP contribution is 2.12. The fraction of sp³-hybridized carbons (Fsp3) is 0. The summed E-state index contributed by atoms with van der Waals surface area (Å²) in [4.78, 5) is 24.2. The number of aromatic nitrogens is 3. The molecule has 3 aromatic rings. The fourth-order valence-electron chi connectivity index (χ4n) is 1.71. The summed E-state index contributed by atoms with van der Waals surface area (Å²) < 4.78 is 0. The van der Waals surface area contributed by atoms with Gasteiger partial charge < -0.3 is 0 Å². The van der Waals surface area contributed by atoms with Crippen LogP contribution in [0, 0.1) is 0 Å². The minimum Gasteiger partial charge on any atom is -0.290 e. The van der Waals surface area contributed by atoms with Crippen LogP contribution >= 0.6 is 0 Å². The van der Waals surface area contributed by atoms with Gasteiger partial charge in [0, 0.05) is 29.5 Å². The molecule has 0 saturated heterocycles. The van der Waals surface area contributed by atoms with Crippen molar-refractivity contribution >= 4 is 22.8 Å². The lowest BCUT2D eigenvalue weighted by molar-refractivity contribution is 0.102. The zero-order valence-corrected chi connectivity index (χ0v) is 9.95. The molecular formula is C14H10N4O. The van der Waals surface area contributed by atoms with E-state index in [4.69, 9.17) is 0 Å². The van der Waals surface area contributed by atoms with Gasteiger partial charge in [-0.15, -0.1) is 0 Å². The molecule has 0 aliphatic rings. The summed E-state index contributed by atoms with van der Waals surface area (Å²) in [5, 5.41) is 3.60. The maximum Gasteiger partial charge on any atom is 0.258 e. The molecule has 0 radical (unpaired) electrons. The molecule has 92 valence electrons. The predicted molar refractivity (Wildman–Crippen MR) is 71.7 cm³/mol. The van der Waals surface area contributed by atoms with E-state index in [1.807, 2.05) is 24.3 Å². The Morgan fingerprint density at radius 3 is 2.68 bits per heavy atom. The number of hydrogen-bond acceptors (Lipinski definition) is 4. The van der Waals surface area contributed by atoms with Crippen LogP contribution in [-0.2, 0) is 0 Å². The van der Waals surface area contributed by atoms with Crippen LogP contribution in [0.25, 0.3) is 10.9 Å². The highest BCUT2D eigenvalue weighted by molar-refractivity contribution is 6.03. The van der Waals surface area contributed by atoms with Gasteiger partial charge in [-0.2, -0.15) is 0 Å². The number of para-hydroxylation sites is 1. The van der Waals surface area contributed by atoms with Crippen molar-refractivity contribution in [2.45, 2.75) is 0 Å². The van der Waals surface area contributed by atoms with Crippen LogP contribution in [0.1, 0.15) is 10.4 Å². The first kappa shape index (κ1) is 11.3. The molecule has 0 saturated carbocycles. The first-order valence-corrected chi connectivity index (χ1v) is 5.76. The number of nitrogens with zero attached hydrogens (tertiary/aromatic N) is 3. The van der Waals surface area contributed by atoms with Gasteiger partial charge in [0.05, 0.1) is 5.52 Å². The lowest BCUT2D eigenvalue weighted by Gasteiger charge is -2.04. The van der Waals surface area contributed by atoms with Crippen molar-refractivity contribution in [1.82, 2.24) is 15.0 Å².